The van der Waals surface area contributed by atoms with Gasteiger partial charge in [-0.15, -0.1) is 0 Å². The molecule has 6 aliphatic carbocycles. The lowest BCUT2D eigenvalue weighted by Crippen LogP contribution is -2.25. The molecule has 0 radical (unpaired) electrons. The standard InChI is InChI=1S/C20H28N2/c1-3-13-11-7-17(15(13)5-1)19(9-11)21-22-20-10-12-8-18(20)16-6-2-4-14(12)16/h11-18H,1-10H2/b21-19+,22-20+. The molecular weight excluding hydrogens is 268 g/mol. The maximum Gasteiger partial charge on any atom is 0.0442 e. The third-order valence-electron chi connectivity index (χ3n) is 8.71. The molecule has 4 bridgehead atoms. The lowest BCUT2D eigenvalue weighted by molar-refractivity contribution is 0.331. The van der Waals surface area contributed by atoms with Crippen LogP contribution in [0.3, 0.4) is 0 Å². The highest BCUT2D eigenvalue weighted by Crippen LogP contribution is 2.59. The Hall–Kier alpha value is -0.660. The van der Waals surface area contributed by atoms with Gasteiger partial charge in [-0.25, -0.2) is 0 Å². The van der Waals surface area contributed by atoms with E-state index in [0.29, 0.717) is 0 Å². The predicted octanol–water partition coefficient (Wildman–Crippen LogP) is 4.70. The summed E-state index contributed by atoms with van der Waals surface area (Å²) in [6.45, 7) is 0. The summed E-state index contributed by atoms with van der Waals surface area (Å²) >= 11 is 0. The van der Waals surface area contributed by atoms with Crippen LogP contribution in [0.25, 0.3) is 0 Å². The molecule has 118 valence electrons. The van der Waals surface area contributed by atoms with E-state index in [0.717, 1.165) is 47.3 Å². The van der Waals surface area contributed by atoms with Gasteiger partial charge in [0.15, 0.2) is 0 Å². The molecule has 2 heteroatoms. The van der Waals surface area contributed by atoms with Crippen LogP contribution in [0.4, 0.5) is 0 Å². The molecule has 0 aromatic heterocycles. The van der Waals surface area contributed by atoms with Crippen LogP contribution in [0.1, 0.15) is 64.2 Å². The Morgan fingerprint density at radius 3 is 1.55 bits per heavy atom. The number of nitrogens with zero attached hydrogens (tertiary/aromatic N) is 2. The van der Waals surface area contributed by atoms with Gasteiger partial charge in [0.1, 0.15) is 0 Å². The molecule has 22 heavy (non-hydrogen) atoms. The summed E-state index contributed by atoms with van der Waals surface area (Å²) in [5.74, 6) is 7.76. The van der Waals surface area contributed by atoms with Gasteiger partial charge in [0.25, 0.3) is 0 Å². The third kappa shape index (κ3) is 1.57. The van der Waals surface area contributed by atoms with E-state index in [2.05, 4.69) is 0 Å². The monoisotopic (exact) mass is 296 g/mol. The molecule has 0 heterocycles. The van der Waals surface area contributed by atoms with Crippen LogP contribution in [0.5, 0.6) is 0 Å². The lowest BCUT2D eigenvalue weighted by Gasteiger charge is -2.26. The average molecular weight is 296 g/mol. The highest BCUT2D eigenvalue weighted by molar-refractivity contribution is 5.93. The van der Waals surface area contributed by atoms with Crippen molar-refractivity contribution >= 4 is 11.4 Å². The van der Waals surface area contributed by atoms with E-state index in [9.17, 15) is 0 Å². The zero-order valence-corrected chi connectivity index (χ0v) is 13.6. The first-order chi connectivity index (χ1) is 10.9. The maximum atomic E-state index is 4.89. The van der Waals surface area contributed by atoms with Gasteiger partial charge in [0, 0.05) is 23.3 Å². The van der Waals surface area contributed by atoms with Gasteiger partial charge in [-0.05, 0) is 86.9 Å². The Morgan fingerprint density at radius 1 is 0.591 bits per heavy atom. The fraction of sp³-hybridized carbons (Fsp3) is 0.900. The number of hydrogen-bond donors (Lipinski definition) is 0. The van der Waals surface area contributed by atoms with E-state index in [1.54, 1.807) is 0 Å². The molecule has 8 unspecified atom stereocenters. The van der Waals surface area contributed by atoms with Crippen molar-refractivity contribution in [3.8, 4) is 0 Å². The van der Waals surface area contributed by atoms with Crippen LogP contribution in [0, 0.1) is 47.3 Å². The second kappa shape index (κ2) is 4.45. The molecule has 2 nitrogen and oxygen atoms in total. The van der Waals surface area contributed by atoms with Crippen molar-refractivity contribution in [2.75, 3.05) is 0 Å². The fourth-order valence-electron chi connectivity index (χ4n) is 7.99. The Labute approximate surface area is 133 Å². The van der Waals surface area contributed by atoms with Crippen LogP contribution >= 0.6 is 0 Å². The normalized spacial score (nSPS) is 58.2. The van der Waals surface area contributed by atoms with Crippen LogP contribution in [0.2, 0.25) is 0 Å². The van der Waals surface area contributed by atoms with Crippen LogP contribution in [-0.4, -0.2) is 11.4 Å². The van der Waals surface area contributed by atoms with E-state index in [-0.39, 0.29) is 0 Å². The van der Waals surface area contributed by atoms with Gasteiger partial charge >= 0.3 is 0 Å². The van der Waals surface area contributed by atoms with Gasteiger partial charge in [0.2, 0.25) is 0 Å². The lowest BCUT2D eigenvalue weighted by atomic mass is 9.80. The van der Waals surface area contributed by atoms with Gasteiger partial charge in [0.05, 0.1) is 0 Å². The first kappa shape index (κ1) is 12.7. The van der Waals surface area contributed by atoms with Crippen molar-refractivity contribution in [3.63, 3.8) is 0 Å². The summed E-state index contributed by atoms with van der Waals surface area (Å²) in [6, 6.07) is 0. The van der Waals surface area contributed by atoms with Crippen molar-refractivity contribution < 1.29 is 0 Å². The van der Waals surface area contributed by atoms with Crippen molar-refractivity contribution in [3.05, 3.63) is 0 Å². The molecule has 0 aromatic carbocycles. The van der Waals surface area contributed by atoms with Gasteiger partial charge in [-0.1, -0.05) is 12.8 Å². The van der Waals surface area contributed by atoms with Gasteiger partial charge in [-0.2, -0.15) is 10.2 Å². The summed E-state index contributed by atoms with van der Waals surface area (Å²) in [5.41, 5.74) is 3.01. The quantitative estimate of drug-likeness (QED) is 0.627. The summed E-state index contributed by atoms with van der Waals surface area (Å²) in [5, 5.41) is 9.77. The number of fused-ring (bicyclic) bond motifs is 10. The van der Waals surface area contributed by atoms with Crippen molar-refractivity contribution in [2.45, 2.75) is 64.2 Å². The van der Waals surface area contributed by atoms with Crippen molar-refractivity contribution in [2.24, 2.45) is 57.5 Å². The predicted molar refractivity (Wildman–Crippen MR) is 89.0 cm³/mol. The zero-order valence-electron chi connectivity index (χ0n) is 13.6. The topological polar surface area (TPSA) is 24.7 Å². The SMILES string of the molecule is C1CC2C3C/C(=N\N=C4/CC5CC4C4CCCC54)C(C3)C2C1. The van der Waals surface area contributed by atoms with E-state index in [4.69, 9.17) is 10.2 Å². The Morgan fingerprint density at radius 2 is 1.05 bits per heavy atom. The minimum atomic E-state index is 0.833. The summed E-state index contributed by atoms with van der Waals surface area (Å²) in [7, 11) is 0. The first-order valence-corrected chi connectivity index (χ1v) is 10.0. The Kier molecular flexibility index (Phi) is 2.57. The van der Waals surface area contributed by atoms with Crippen LogP contribution in [0.15, 0.2) is 10.2 Å². The molecule has 6 saturated carbocycles. The number of rotatable bonds is 1. The highest BCUT2D eigenvalue weighted by Gasteiger charge is 2.54. The van der Waals surface area contributed by atoms with Crippen LogP contribution in [-0.2, 0) is 0 Å². The number of hydrogen-bond acceptors (Lipinski definition) is 2. The molecule has 6 fully saturated rings. The molecule has 6 rings (SSSR count). The second-order valence-electron chi connectivity index (χ2n) is 9.31. The van der Waals surface area contributed by atoms with E-state index >= 15 is 0 Å². The Balaban J connectivity index is 1.24. The Bertz CT molecular complexity index is 512. The largest absolute Gasteiger partial charge is 0.160 e. The minimum Gasteiger partial charge on any atom is -0.160 e. The summed E-state index contributed by atoms with van der Waals surface area (Å²) in [4.78, 5) is 0. The summed E-state index contributed by atoms with van der Waals surface area (Å²) < 4.78 is 0. The molecule has 0 N–H and O–H groups in total. The van der Waals surface area contributed by atoms with E-state index < -0.39 is 0 Å². The minimum absolute atomic E-state index is 0.833. The molecule has 0 saturated heterocycles. The molecule has 6 aliphatic rings. The summed E-state index contributed by atoms with van der Waals surface area (Å²) in [6.07, 6.45) is 14.5. The molecule has 0 amide bonds. The molecule has 0 aliphatic heterocycles. The second-order valence-corrected chi connectivity index (χ2v) is 9.31. The van der Waals surface area contributed by atoms with Crippen molar-refractivity contribution in [1.82, 2.24) is 0 Å². The van der Waals surface area contributed by atoms with Crippen LogP contribution < -0.4 is 0 Å². The van der Waals surface area contributed by atoms with Gasteiger partial charge in [-0.3, -0.25) is 0 Å². The fourth-order valence-corrected chi connectivity index (χ4v) is 7.99. The molecular formula is C20H28N2. The third-order valence-corrected chi connectivity index (χ3v) is 8.71. The maximum absolute atomic E-state index is 4.89. The highest BCUT2D eigenvalue weighted by atomic mass is 15.2. The smallest absolute Gasteiger partial charge is 0.0442 e. The first-order valence-electron chi connectivity index (χ1n) is 10.0. The molecule has 0 aromatic rings. The zero-order chi connectivity index (χ0) is 14.3. The van der Waals surface area contributed by atoms with Crippen molar-refractivity contribution in [1.29, 1.82) is 0 Å². The van der Waals surface area contributed by atoms with Gasteiger partial charge < -0.3 is 0 Å². The molecule has 8 atom stereocenters. The average Bonchev–Trinajstić information content (AvgIpc) is 3.33. The van der Waals surface area contributed by atoms with E-state index in [1.165, 1.54) is 75.6 Å². The van der Waals surface area contributed by atoms with E-state index in [1.807, 2.05) is 0 Å². The molecule has 0 spiro atoms.